The summed E-state index contributed by atoms with van der Waals surface area (Å²) in [5, 5.41) is 9.36. The van der Waals surface area contributed by atoms with Crippen molar-refractivity contribution in [3.05, 3.63) is 40.9 Å². The van der Waals surface area contributed by atoms with Crippen molar-refractivity contribution in [3.63, 3.8) is 0 Å². The zero-order valence-electron chi connectivity index (χ0n) is 11.4. The molecule has 0 amide bonds. The maximum Gasteiger partial charge on any atom is 0.306 e. The number of sulfonamides is 1. The number of allylic oxidation sites excluding steroid dienone is 1. The highest BCUT2D eigenvalue weighted by Crippen LogP contribution is 2.23. The second-order valence-corrected chi connectivity index (χ2v) is 7.19. The average Bonchev–Trinajstić information content (AvgIpc) is 2.41. The number of carbonyl (C=O) groups is 1. The third-order valence-corrected chi connectivity index (χ3v) is 5.29. The van der Waals surface area contributed by atoms with Crippen LogP contribution in [0.2, 0.25) is 5.02 Å². The quantitative estimate of drug-likeness (QED) is 0.830. The molecule has 2 rings (SSSR count). The van der Waals surface area contributed by atoms with Crippen molar-refractivity contribution in [2.75, 3.05) is 0 Å². The molecule has 5 nitrogen and oxygen atoms in total. The summed E-state index contributed by atoms with van der Waals surface area (Å²) >= 11 is 5.85. The Labute approximate surface area is 128 Å². The molecule has 2 N–H and O–H groups in total. The highest BCUT2D eigenvalue weighted by molar-refractivity contribution is 7.89. The Bertz CT molecular complexity index is 684. The first-order chi connectivity index (χ1) is 9.79. The molecule has 2 atom stereocenters. The maximum atomic E-state index is 12.4. The van der Waals surface area contributed by atoms with Crippen molar-refractivity contribution in [3.8, 4) is 0 Å². The van der Waals surface area contributed by atoms with Crippen LogP contribution in [-0.2, 0) is 14.8 Å². The Morgan fingerprint density at radius 3 is 2.81 bits per heavy atom. The standard InChI is InChI=1S/C14H16ClNO4S/c1-9-5-6-11(15)8-13(9)21(19,20)16-12-4-2-3-10(7-12)14(17)18/h2,4-6,8,10,12,16H,3,7H2,1H3,(H,17,18)/t10-,12-/m0/s1. The number of nitrogens with one attached hydrogen (secondary N) is 1. The molecule has 0 bridgehead atoms. The number of hydrogen-bond acceptors (Lipinski definition) is 3. The SMILES string of the molecule is Cc1ccc(Cl)cc1S(=O)(=O)N[C@H]1C=CC[C@H](C(=O)O)C1. The van der Waals surface area contributed by atoms with Crippen LogP contribution >= 0.6 is 11.6 Å². The van der Waals surface area contributed by atoms with Crippen LogP contribution < -0.4 is 4.72 Å². The summed E-state index contributed by atoms with van der Waals surface area (Å²) in [5.74, 6) is -1.48. The van der Waals surface area contributed by atoms with Crippen LogP contribution in [0.3, 0.4) is 0 Å². The lowest BCUT2D eigenvalue weighted by molar-refractivity contribution is -0.142. The largest absolute Gasteiger partial charge is 0.481 e. The van der Waals surface area contributed by atoms with E-state index in [1.165, 1.54) is 6.07 Å². The van der Waals surface area contributed by atoms with E-state index in [1.807, 2.05) is 0 Å². The number of aliphatic carboxylic acids is 1. The van der Waals surface area contributed by atoms with Gasteiger partial charge in [-0.25, -0.2) is 13.1 Å². The van der Waals surface area contributed by atoms with Gasteiger partial charge in [0, 0.05) is 11.1 Å². The normalized spacial score (nSPS) is 22.2. The molecule has 0 aliphatic heterocycles. The molecule has 0 heterocycles. The molecule has 0 fully saturated rings. The van der Waals surface area contributed by atoms with Crippen molar-refractivity contribution in [2.45, 2.75) is 30.7 Å². The molecule has 0 radical (unpaired) electrons. The Hall–Kier alpha value is -1.37. The predicted molar refractivity (Wildman–Crippen MR) is 79.8 cm³/mol. The topological polar surface area (TPSA) is 83.5 Å². The lowest BCUT2D eigenvalue weighted by Gasteiger charge is -2.23. The summed E-state index contributed by atoms with van der Waals surface area (Å²) in [4.78, 5) is 11.1. The molecule has 1 aromatic carbocycles. The van der Waals surface area contributed by atoms with Gasteiger partial charge in [0.2, 0.25) is 10.0 Å². The molecular formula is C14H16ClNO4S. The fourth-order valence-electron chi connectivity index (χ4n) is 2.30. The summed E-state index contributed by atoms with van der Waals surface area (Å²) in [6.45, 7) is 1.68. The molecule has 1 aliphatic rings. The van der Waals surface area contributed by atoms with E-state index in [9.17, 15) is 13.2 Å². The molecule has 0 spiro atoms. The van der Waals surface area contributed by atoms with Gasteiger partial charge in [-0.1, -0.05) is 29.8 Å². The Balaban J connectivity index is 2.22. The van der Waals surface area contributed by atoms with E-state index in [1.54, 1.807) is 31.2 Å². The van der Waals surface area contributed by atoms with Crippen LogP contribution in [0.1, 0.15) is 18.4 Å². The minimum atomic E-state index is -3.74. The Kier molecular flexibility index (Phi) is 4.70. The van der Waals surface area contributed by atoms with Crippen molar-refractivity contribution < 1.29 is 18.3 Å². The minimum Gasteiger partial charge on any atom is -0.481 e. The summed E-state index contributed by atoms with van der Waals surface area (Å²) in [5.41, 5.74) is 0.585. The summed E-state index contributed by atoms with van der Waals surface area (Å²) in [6.07, 6.45) is 4.05. The number of hydrogen-bond donors (Lipinski definition) is 2. The molecule has 1 aliphatic carbocycles. The van der Waals surface area contributed by atoms with Gasteiger partial charge < -0.3 is 5.11 Å². The third-order valence-electron chi connectivity index (χ3n) is 3.42. The summed E-state index contributed by atoms with van der Waals surface area (Å²) < 4.78 is 27.3. The van der Waals surface area contributed by atoms with Crippen LogP contribution in [-0.4, -0.2) is 25.5 Å². The maximum absolute atomic E-state index is 12.4. The molecular weight excluding hydrogens is 314 g/mol. The van der Waals surface area contributed by atoms with Gasteiger partial charge in [0.25, 0.3) is 0 Å². The van der Waals surface area contributed by atoms with Crippen molar-refractivity contribution in [2.24, 2.45) is 5.92 Å². The smallest absolute Gasteiger partial charge is 0.306 e. The zero-order valence-corrected chi connectivity index (χ0v) is 13.0. The zero-order chi connectivity index (χ0) is 15.6. The lowest BCUT2D eigenvalue weighted by Crippen LogP contribution is -2.38. The molecule has 0 aromatic heterocycles. The van der Waals surface area contributed by atoms with E-state index in [0.717, 1.165) is 0 Å². The second kappa shape index (κ2) is 6.17. The van der Waals surface area contributed by atoms with Gasteiger partial charge in [-0.05, 0) is 37.5 Å². The first-order valence-corrected chi connectivity index (χ1v) is 8.33. The number of carboxylic acid groups (broad SMARTS) is 1. The monoisotopic (exact) mass is 329 g/mol. The number of aryl methyl sites for hydroxylation is 1. The van der Waals surface area contributed by atoms with Gasteiger partial charge in [0.05, 0.1) is 10.8 Å². The van der Waals surface area contributed by atoms with Gasteiger partial charge >= 0.3 is 5.97 Å². The van der Waals surface area contributed by atoms with Crippen LogP contribution in [0.5, 0.6) is 0 Å². The summed E-state index contributed by atoms with van der Waals surface area (Å²) in [6, 6.07) is 4.12. The Morgan fingerprint density at radius 2 is 2.14 bits per heavy atom. The molecule has 0 unspecified atom stereocenters. The highest BCUT2D eigenvalue weighted by atomic mass is 35.5. The van der Waals surface area contributed by atoms with Crippen molar-refractivity contribution >= 4 is 27.6 Å². The van der Waals surface area contributed by atoms with Crippen LogP contribution in [0, 0.1) is 12.8 Å². The lowest BCUT2D eigenvalue weighted by atomic mass is 9.92. The molecule has 114 valence electrons. The van der Waals surface area contributed by atoms with Gasteiger partial charge in [-0.2, -0.15) is 0 Å². The Morgan fingerprint density at radius 1 is 1.43 bits per heavy atom. The number of carboxylic acids is 1. The molecule has 7 heteroatoms. The number of halogens is 1. The summed E-state index contributed by atoms with van der Waals surface area (Å²) in [7, 11) is -3.74. The molecule has 21 heavy (non-hydrogen) atoms. The first kappa shape index (κ1) is 16.0. The van der Waals surface area contributed by atoms with E-state index in [4.69, 9.17) is 16.7 Å². The van der Waals surface area contributed by atoms with Crippen LogP contribution in [0.4, 0.5) is 0 Å². The van der Waals surface area contributed by atoms with Crippen LogP contribution in [0.15, 0.2) is 35.2 Å². The first-order valence-electron chi connectivity index (χ1n) is 6.47. The van der Waals surface area contributed by atoms with Crippen molar-refractivity contribution in [1.82, 2.24) is 4.72 Å². The van der Waals surface area contributed by atoms with E-state index < -0.39 is 28.0 Å². The fraction of sp³-hybridized carbons (Fsp3) is 0.357. The van der Waals surface area contributed by atoms with Crippen LogP contribution in [0.25, 0.3) is 0 Å². The molecule has 1 aromatic rings. The van der Waals surface area contributed by atoms with Gasteiger partial charge in [0.1, 0.15) is 0 Å². The fourth-order valence-corrected chi connectivity index (χ4v) is 4.01. The number of rotatable bonds is 4. The predicted octanol–water partition coefficient (Wildman–Crippen LogP) is 2.35. The van der Waals surface area contributed by atoms with E-state index >= 15 is 0 Å². The molecule has 0 saturated heterocycles. The second-order valence-electron chi connectivity index (χ2n) is 5.07. The van der Waals surface area contributed by atoms with E-state index in [-0.39, 0.29) is 11.3 Å². The van der Waals surface area contributed by atoms with Crippen molar-refractivity contribution in [1.29, 1.82) is 0 Å². The van der Waals surface area contributed by atoms with Gasteiger partial charge in [-0.15, -0.1) is 0 Å². The third kappa shape index (κ3) is 3.84. The number of benzene rings is 1. The minimum absolute atomic E-state index is 0.112. The van der Waals surface area contributed by atoms with Gasteiger partial charge in [-0.3, -0.25) is 4.79 Å². The average molecular weight is 330 g/mol. The van der Waals surface area contributed by atoms with E-state index in [2.05, 4.69) is 4.72 Å². The van der Waals surface area contributed by atoms with Gasteiger partial charge in [0.15, 0.2) is 0 Å². The highest BCUT2D eigenvalue weighted by Gasteiger charge is 2.27. The molecule has 0 saturated carbocycles. The van der Waals surface area contributed by atoms with E-state index in [0.29, 0.717) is 17.0 Å².